The van der Waals surface area contributed by atoms with Crippen molar-refractivity contribution < 1.29 is 12.8 Å². The predicted molar refractivity (Wildman–Crippen MR) is 106 cm³/mol. The van der Waals surface area contributed by atoms with Gasteiger partial charge in [-0.3, -0.25) is 4.99 Å². The van der Waals surface area contributed by atoms with Crippen molar-refractivity contribution in [3.8, 4) is 0 Å². The molecule has 24 heavy (non-hydrogen) atoms. The van der Waals surface area contributed by atoms with E-state index in [0.29, 0.717) is 19.5 Å². The van der Waals surface area contributed by atoms with Crippen molar-refractivity contribution in [2.45, 2.75) is 19.9 Å². The van der Waals surface area contributed by atoms with Crippen LogP contribution in [0.15, 0.2) is 29.3 Å². The van der Waals surface area contributed by atoms with Gasteiger partial charge in [-0.25, -0.2) is 12.8 Å². The second-order valence-corrected chi connectivity index (χ2v) is 8.17. The van der Waals surface area contributed by atoms with Crippen molar-refractivity contribution in [3.63, 3.8) is 0 Å². The number of nitrogens with zero attached hydrogens (tertiary/aromatic N) is 2. The summed E-state index contributed by atoms with van der Waals surface area (Å²) in [6.07, 6.45) is 0.687. The molecule has 0 bridgehead atoms. The smallest absolute Gasteiger partial charge is 0.193 e. The van der Waals surface area contributed by atoms with Crippen LogP contribution in [0.1, 0.15) is 18.9 Å². The highest BCUT2D eigenvalue weighted by Crippen LogP contribution is 2.18. The highest BCUT2D eigenvalue weighted by Gasteiger charge is 2.27. The van der Waals surface area contributed by atoms with Crippen LogP contribution in [-0.4, -0.2) is 50.9 Å². The number of halogens is 2. The van der Waals surface area contributed by atoms with E-state index in [1.807, 2.05) is 18.9 Å². The maximum absolute atomic E-state index is 13.0. The van der Waals surface area contributed by atoms with Crippen LogP contribution >= 0.6 is 24.0 Å². The Kier molecular flexibility index (Phi) is 8.41. The fourth-order valence-electron chi connectivity index (χ4n) is 2.64. The Morgan fingerprint density at radius 1 is 1.38 bits per heavy atom. The topological polar surface area (TPSA) is 61.8 Å². The summed E-state index contributed by atoms with van der Waals surface area (Å²) in [6.45, 7) is 3.83. The average Bonchev–Trinajstić information content (AvgIpc) is 2.85. The first-order valence-corrected chi connectivity index (χ1v) is 9.66. The van der Waals surface area contributed by atoms with Gasteiger partial charge in [0.2, 0.25) is 0 Å². The first-order valence-electron chi connectivity index (χ1n) is 7.84. The normalized spacial score (nSPS) is 19.6. The van der Waals surface area contributed by atoms with E-state index >= 15 is 0 Å². The molecule has 1 aromatic carbocycles. The molecule has 1 aliphatic rings. The second kappa shape index (κ2) is 9.55. The molecule has 1 unspecified atom stereocenters. The fraction of sp³-hybridized carbons (Fsp3) is 0.562. The van der Waals surface area contributed by atoms with Crippen LogP contribution in [0.25, 0.3) is 0 Å². The largest absolute Gasteiger partial charge is 0.357 e. The second-order valence-electron chi connectivity index (χ2n) is 5.95. The molecule has 1 aromatic rings. The molecule has 0 aromatic heterocycles. The summed E-state index contributed by atoms with van der Waals surface area (Å²) in [5.41, 5.74) is 0.989. The molecule has 1 atom stereocenters. The molecule has 136 valence electrons. The van der Waals surface area contributed by atoms with Gasteiger partial charge in [0.05, 0.1) is 11.5 Å². The first kappa shape index (κ1) is 21.1. The van der Waals surface area contributed by atoms with Gasteiger partial charge in [-0.05, 0) is 37.0 Å². The van der Waals surface area contributed by atoms with E-state index in [-0.39, 0.29) is 47.2 Å². The van der Waals surface area contributed by atoms with E-state index < -0.39 is 9.84 Å². The van der Waals surface area contributed by atoms with Gasteiger partial charge in [0.15, 0.2) is 15.8 Å². The first-order chi connectivity index (χ1) is 10.9. The molecule has 8 heteroatoms. The Bertz CT molecular complexity index is 650. The summed E-state index contributed by atoms with van der Waals surface area (Å²) in [7, 11) is -0.954. The minimum absolute atomic E-state index is 0. The highest BCUT2D eigenvalue weighted by atomic mass is 127. The van der Waals surface area contributed by atoms with Crippen LogP contribution in [0.3, 0.4) is 0 Å². The van der Waals surface area contributed by atoms with Gasteiger partial charge >= 0.3 is 0 Å². The zero-order valence-corrected chi connectivity index (χ0v) is 17.2. The third-order valence-electron chi connectivity index (χ3n) is 3.86. The number of hydrogen-bond donors (Lipinski definition) is 1. The Morgan fingerprint density at radius 2 is 2.04 bits per heavy atom. The standard InChI is InChI=1S/C16H24FN3O2S.HI/c1-3-18-16(19-10-14-8-9-23(21,22)12-14)20(2)11-13-4-6-15(17)7-5-13;/h4-7,14H,3,8-12H2,1-2H3,(H,18,19);1H. The van der Waals surface area contributed by atoms with Gasteiger partial charge in [0.25, 0.3) is 0 Å². The SMILES string of the molecule is CCNC(=NCC1CCS(=O)(=O)C1)N(C)Cc1ccc(F)cc1.I. The quantitative estimate of drug-likeness (QED) is 0.409. The van der Waals surface area contributed by atoms with Crippen LogP contribution in [0, 0.1) is 11.7 Å². The van der Waals surface area contributed by atoms with Gasteiger partial charge in [-0.2, -0.15) is 0 Å². The third kappa shape index (κ3) is 6.54. The van der Waals surface area contributed by atoms with Crippen molar-refractivity contribution >= 4 is 39.8 Å². The molecule has 0 radical (unpaired) electrons. The number of hydrogen-bond acceptors (Lipinski definition) is 3. The Balaban J connectivity index is 0.00000288. The average molecular weight is 469 g/mol. The van der Waals surface area contributed by atoms with Crippen LogP contribution in [0.5, 0.6) is 0 Å². The van der Waals surface area contributed by atoms with E-state index in [4.69, 9.17) is 0 Å². The Hall–Kier alpha value is -0.900. The summed E-state index contributed by atoms with van der Waals surface area (Å²) < 4.78 is 36.0. The number of rotatable bonds is 5. The Labute approximate surface area is 160 Å². The summed E-state index contributed by atoms with van der Waals surface area (Å²) in [4.78, 5) is 6.53. The summed E-state index contributed by atoms with van der Waals surface area (Å²) in [6, 6.07) is 6.38. The Morgan fingerprint density at radius 3 is 2.58 bits per heavy atom. The van der Waals surface area contributed by atoms with Crippen LogP contribution in [0.2, 0.25) is 0 Å². The molecule has 1 aliphatic heterocycles. The monoisotopic (exact) mass is 469 g/mol. The highest BCUT2D eigenvalue weighted by molar-refractivity contribution is 14.0. The number of guanidine groups is 1. The van der Waals surface area contributed by atoms with E-state index in [0.717, 1.165) is 18.1 Å². The van der Waals surface area contributed by atoms with E-state index in [9.17, 15) is 12.8 Å². The molecule has 1 fully saturated rings. The number of nitrogens with one attached hydrogen (secondary N) is 1. The van der Waals surface area contributed by atoms with Crippen molar-refractivity contribution in [2.24, 2.45) is 10.9 Å². The van der Waals surface area contributed by atoms with Crippen molar-refractivity contribution in [2.75, 3.05) is 31.6 Å². The minimum atomic E-state index is -2.87. The fourth-order valence-corrected chi connectivity index (χ4v) is 4.49. The zero-order chi connectivity index (χ0) is 16.9. The number of aliphatic imine (C=N–C) groups is 1. The molecule has 1 heterocycles. The predicted octanol–water partition coefficient (Wildman–Crippen LogP) is 2.28. The van der Waals surface area contributed by atoms with Crippen LogP contribution in [0.4, 0.5) is 4.39 Å². The van der Waals surface area contributed by atoms with E-state index in [1.54, 1.807) is 12.1 Å². The molecule has 1 saturated heterocycles. The zero-order valence-electron chi connectivity index (χ0n) is 14.0. The van der Waals surface area contributed by atoms with Gasteiger partial charge in [0, 0.05) is 26.7 Å². The van der Waals surface area contributed by atoms with Gasteiger partial charge < -0.3 is 10.2 Å². The lowest BCUT2D eigenvalue weighted by molar-refractivity contribution is 0.472. The molecule has 1 N–H and O–H groups in total. The summed E-state index contributed by atoms with van der Waals surface area (Å²) in [5, 5.41) is 3.21. The molecular formula is C16H25FIN3O2S. The molecular weight excluding hydrogens is 444 g/mol. The summed E-state index contributed by atoms with van der Waals surface area (Å²) >= 11 is 0. The van der Waals surface area contributed by atoms with Crippen molar-refractivity contribution in [1.29, 1.82) is 0 Å². The van der Waals surface area contributed by atoms with Gasteiger partial charge in [-0.15, -0.1) is 24.0 Å². The molecule has 0 saturated carbocycles. The third-order valence-corrected chi connectivity index (χ3v) is 5.69. The van der Waals surface area contributed by atoms with E-state index in [2.05, 4.69) is 10.3 Å². The van der Waals surface area contributed by atoms with Crippen LogP contribution < -0.4 is 5.32 Å². The maximum atomic E-state index is 13.0. The minimum Gasteiger partial charge on any atom is -0.357 e. The van der Waals surface area contributed by atoms with Gasteiger partial charge in [-0.1, -0.05) is 12.1 Å². The number of benzene rings is 1. The maximum Gasteiger partial charge on any atom is 0.193 e. The number of sulfone groups is 1. The molecule has 0 spiro atoms. The van der Waals surface area contributed by atoms with Crippen LogP contribution in [-0.2, 0) is 16.4 Å². The lowest BCUT2D eigenvalue weighted by Crippen LogP contribution is -2.38. The van der Waals surface area contributed by atoms with Gasteiger partial charge in [0.1, 0.15) is 5.82 Å². The molecule has 0 amide bonds. The molecule has 5 nitrogen and oxygen atoms in total. The van der Waals surface area contributed by atoms with Crippen molar-refractivity contribution in [3.05, 3.63) is 35.6 Å². The summed E-state index contributed by atoms with van der Waals surface area (Å²) in [5.74, 6) is 1.10. The lowest BCUT2D eigenvalue weighted by Gasteiger charge is -2.22. The molecule has 0 aliphatic carbocycles. The lowest BCUT2D eigenvalue weighted by atomic mass is 10.1. The van der Waals surface area contributed by atoms with E-state index in [1.165, 1.54) is 12.1 Å². The molecule has 2 rings (SSSR count). The van der Waals surface area contributed by atoms with Crippen molar-refractivity contribution in [1.82, 2.24) is 10.2 Å².